The summed E-state index contributed by atoms with van der Waals surface area (Å²) in [5, 5.41) is 16.9. The van der Waals surface area contributed by atoms with Crippen molar-refractivity contribution in [1.29, 1.82) is 0 Å². The van der Waals surface area contributed by atoms with E-state index in [0.717, 1.165) is 90.1 Å². The Hall–Kier alpha value is -11.7. The number of carbonyl (C=O) groups is 2. The topological polar surface area (TPSA) is 131 Å². The van der Waals surface area contributed by atoms with Crippen LogP contribution in [0.4, 0.5) is 0 Å². The molecular weight excluding hydrogens is 1710 g/mol. The number of aromatic nitrogens is 3. The van der Waals surface area contributed by atoms with Crippen molar-refractivity contribution >= 4 is 240 Å². The van der Waals surface area contributed by atoms with Crippen LogP contribution in [-0.4, -0.2) is 26.1 Å². The van der Waals surface area contributed by atoms with Crippen molar-refractivity contribution < 1.29 is 33.4 Å². The molecule has 0 aliphatic heterocycles. The van der Waals surface area contributed by atoms with Crippen LogP contribution < -0.4 is 0 Å². The molecule has 22 aromatic rings. The molecule has 109 heavy (non-hydrogen) atoms. The number of H-pyrrole nitrogens is 1. The third-order valence-electron chi connectivity index (χ3n) is 18.9. The van der Waals surface area contributed by atoms with Crippen molar-refractivity contribution in [2.75, 3.05) is 0 Å². The number of carbonyl (C=O) groups excluding carboxylic acids is 2. The van der Waals surface area contributed by atoms with Gasteiger partial charge in [-0.2, -0.15) is 0 Å². The summed E-state index contributed by atoms with van der Waals surface area (Å²) in [5.74, 6) is -0.851. The predicted octanol–water partition coefficient (Wildman–Crippen LogP) is 28.3. The van der Waals surface area contributed by atoms with Crippen molar-refractivity contribution in [2.24, 2.45) is 0 Å². The Balaban J connectivity index is 0.000000104. The van der Waals surface area contributed by atoms with Crippen LogP contribution >= 0.6 is 75.1 Å². The molecule has 22 rings (SSSR count). The molecule has 15 heteroatoms. The molecule has 0 atom stereocenters. The number of furan rings is 4. The number of nitrogens with zero attached hydrogens (tertiary/aromatic N) is 2. The number of para-hydroxylation sites is 12. The molecule has 0 unspecified atom stereocenters. The van der Waals surface area contributed by atoms with Crippen molar-refractivity contribution in [3.63, 3.8) is 0 Å². The van der Waals surface area contributed by atoms with Gasteiger partial charge in [0, 0.05) is 95.7 Å². The van der Waals surface area contributed by atoms with Crippen LogP contribution in [0.15, 0.2) is 366 Å². The van der Waals surface area contributed by atoms with Gasteiger partial charge in [-0.05, 0) is 164 Å². The van der Waals surface area contributed by atoms with Crippen molar-refractivity contribution in [3.05, 3.63) is 356 Å². The average molecular weight is 1780 g/mol. The first-order valence-electron chi connectivity index (χ1n) is 35.2. The fourth-order valence-corrected chi connectivity index (χ4v) is 18.3. The third-order valence-corrected chi connectivity index (χ3v) is 24.5. The van der Waals surface area contributed by atoms with Gasteiger partial charge in [0.2, 0.25) is 0 Å². The molecule has 7 aromatic heterocycles. The fraction of sp³-hybridized carbons (Fsp3) is 0.0213. The molecule has 0 aliphatic rings. The van der Waals surface area contributed by atoms with Crippen LogP contribution in [0, 0.1) is 7.14 Å². The maximum Gasteiger partial charge on any atom is 0.159 e. The normalized spacial score (nSPS) is 11.4. The minimum atomic E-state index is -2.59. The molecule has 11 nitrogen and oxygen atoms in total. The molecule has 1 N–H and O–H groups in total. The summed E-state index contributed by atoms with van der Waals surface area (Å²) in [5.41, 5.74) is 16.8. The van der Waals surface area contributed by atoms with Crippen LogP contribution in [0.5, 0.6) is 0 Å². The van der Waals surface area contributed by atoms with Gasteiger partial charge >= 0.3 is 96.1 Å². The van der Waals surface area contributed by atoms with Gasteiger partial charge in [0.05, 0.1) is 36.7 Å². The molecule has 0 bridgehead atoms. The van der Waals surface area contributed by atoms with E-state index in [1.807, 2.05) is 103 Å². The number of hydrogen-bond donors (Lipinski definition) is 1. The largest absolute Gasteiger partial charge is 0.456 e. The van der Waals surface area contributed by atoms with Gasteiger partial charge in [-0.1, -0.05) is 200 Å². The zero-order valence-corrected chi connectivity index (χ0v) is 66.0. The number of nitrogens with one attached hydrogen (secondary N) is 1. The fourth-order valence-electron chi connectivity index (χ4n) is 14.2. The van der Waals surface area contributed by atoms with Crippen molar-refractivity contribution in [2.45, 2.75) is 13.8 Å². The predicted molar refractivity (Wildman–Crippen MR) is 470 cm³/mol. The first-order valence-corrected chi connectivity index (χ1v) is 40.7. The Morgan fingerprint density at radius 2 is 0.670 bits per heavy atom. The maximum atomic E-state index is 10.8. The van der Waals surface area contributed by atoms with E-state index < -0.39 is 32.6 Å². The van der Waals surface area contributed by atoms with Crippen LogP contribution in [0.25, 0.3) is 165 Å². The summed E-state index contributed by atoms with van der Waals surface area (Å²) < 4.78 is 42.6. The van der Waals surface area contributed by atoms with Crippen LogP contribution in [-0.2, 0) is 15.7 Å². The third kappa shape index (κ3) is 14.0. The van der Waals surface area contributed by atoms with Gasteiger partial charge in [-0.3, -0.25) is 0 Å². The number of fused-ring (bicyclic) bond motifs is 21. The number of aromatic amines is 1. The van der Waals surface area contributed by atoms with E-state index >= 15 is 0 Å². The van der Waals surface area contributed by atoms with Crippen molar-refractivity contribution in [1.82, 2.24) is 14.1 Å². The summed E-state index contributed by atoms with van der Waals surface area (Å²) in [4.78, 5) is 25.0. The minimum absolute atomic E-state index is 0.426. The van der Waals surface area contributed by atoms with E-state index in [-0.39, 0.29) is 0 Å². The van der Waals surface area contributed by atoms with Gasteiger partial charge in [0.1, 0.15) is 39.1 Å². The summed E-state index contributed by atoms with van der Waals surface area (Å²) in [6, 6.07) is 116. The number of rotatable bonds is 5. The SMILES string of the molecule is Brc1cccc2c1oc1ccc(I)cc12.Brc1cccc2c1oc1ccccc12.CC(=O)OI(OC(C)=O)c1ccccc1.c1cc(-n2c3ccccc3c3ccccc32)c2oc3ccc(-n4c5ccccc5c5ccccc54)cc3c2c1.c1ccc2c(c1)[nH]c1ccccc12.c1ccc2c(c1)oc1ccccc12. The smallest absolute Gasteiger partial charge is 0.159 e. The van der Waals surface area contributed by atoms with Crippen LogP contribution in [0.3, 0.4) is 0 Å². The van der Waals surface area contributed by atoms with Gasteiger partial charge in [-0.15, -0.1) is 0 Å². The summed E-state index contributed by atoms with van der Waals surface area (Å²) >= 11 is 6.70. The average Bonchev–Trinajstić information content (AvgIpc) is 1.57. The van der Waals surface area contributed by atoms with Crippen LogP contribution in [0.1, 0.15) is 13.8 Å². The van der Waals surface area contributed by atoms with Gasteiger partial charge in [-0.25, -0.2) is 0 Å². The zero-order valence-electron chi connectivity index (χ0n) is 58.5. The molecule has 0 saturated heterocycles. The standard InChI is InChI=1S/C36H22N2O.C12H6BrIO.C12H7BrO.C12H9N.C12H8O.C10H11IO4/c1-5-15-30-24(10-1)25-11-2-6-16-31(25)37(30)23-20-21-35-29(22-23)28-14-9-19-34(36(28)39-35)38-32-17-7-3-12-26(32)27-13-4-8-18-33(27)38;13-10-3-1-2-8-9-6-7(14)4-5-11(9)15-12(8)10;13-10-6-3-5-9-8-4-1-2-7-11(8)14-12(9)10;2*1-3-7-11-9(5-1)10-6-2-4-8-12(10)13-11;1-8(12)14-11(15-9(2)13)10-6-4-3-5-7-10/h1-22H;1-6H;1-7H;1-8,13H;1-8H;3-7H,1-2H3. The Morgan fingerprint density at radius 3 is 1.17 bits per heavy atom. The second-order valence-corrected chi connectivity index (χ2v) is 32.0. The van der Waals surface area contributed by atoms with E-state index in [2.05, 4.69) is 293 Å². The van der Waals surface area contributed by atoms with E-state index in [9.17, 15) is 9.59 Å². The Bertz CT molecular complexity index is 6840. The molecule has 0 aliphatic carbocycles. The number of hydrogen-bond acceptors (Lipinski definition) is 8. The number of halogens is 4. The summed E-state index contributed by atoms with van der Waals surface area (Å²) in [6.07, 6.45) is 0. The Morgan fingerprint density at radius 1 is 0.321 bits per heavy atom. The van der Waals surface area contributed by atoms with E-state index in [0.29, 0.717) is 0 Å². The number of benzene rings is 15. The summed E-state index contributed by atoms with van der Waals surface area (Å²) in [6.45, 7) is 2.60. The molecule has 7 heterocycles. The molecule has 0 radical (unpaired) electrons. The van der Waals surface area contributed by atoms with Crippen LogP contribution in [0.2, 0.25) is 0 Å². The first kappa shape index (κ1) is 70.3. The van der Waals surface area contributed by atoms with E-state index in [1.54, 1.807) is 12.1 Å². The van der Waals surface area contributed by atoms with Gasteiger partial charge in [0.15, 0.2) is 5.58 Å². The second kappa shape index (κ2) is 30.9. The monoisotopic (exact) mass is 1770 g/mol. The maximum absolute atomic E-state index is 10.8. The van der Waals surface area contributed by atoms with Gasteiger partial charge < -0.3 is 31.8 Å². The molecule has 0 spiro atoms. The Labute approximate surface area is 662 Å². The Kier molecular flexibility index (Phi) is 19.9. The molecule has 15 aromatic carbocycles. The zero-order chi connectivity index (χ0) is 74.1. The molecule has 0 saturated carbocycles. The molecule has 0 amide bonds. The quantitative estimate of drug-likeness (QED) is 0.169. The molecule has 0 fully saturated rings. The first-order chi connectivity index (χ1) is 53.5. The molecule has 530 valence electrons. The van der Waals surface area contributed by atoms with E-state index in [1.165, 1.54) is 104 Å². The minimum Gasteiger partial charge on any atom is -0.456 e. The molecular formula is C94H63Br2I2N3O8. The van der Waals surface area contributed by atoms with E-state index in [4.69, 9.17) is 23.8 Å². The summed E-state index contributed by atoms with van der Waals surface area (Å²) in [7, 11) is 0. The van der Waals surface area contributed by atoms with Gasteiger partial charge in [0.25, 0.3) is 0 Å². The second-order valence-electron chi connectivity index (χ2n) is 25.7. The van der Waals surface area contributed by atoms with Crippen molar-refractivity contribution in [3.8, 4) is 11.4 Å².